The number of hydrogen-bond acceptors (Lipinski definition) is 8. The second kappa shape index (κ2) is 12.8. The molecule has 0 aliphatic carbocycles. The van der Waals surface area contributed by atoms with Crippen LogP contribution in [0.5, 0.6) is 5.75 Å². The van der Waals surface area contributed by atoms with Crippen molar-refractivity contribution in [1.29, 1.82) is 0 Å². The smallest absolute Gasteiger partial charge is 0.296 e. The fourth-order valence-electron chi connectivity index (χ4n) is 6.31. The highest BCUT2D eigenvalue weighted by atomic mass is 35.5. The third kappa shape index (κ3) is 5.32. The van der Waals surface area contributed by atoms with E-state index in [0.717, 1.165) is 0 Å². The number of hydrogen-bond donors (Lipinski definition) is 0. The lowest BCUT2D eigenvalue weighted by molar-refractivity contribution is 0.340. The van der Waals surface area contributed by atoms with Crippen molar-refractivity contribution in [2.24, 2.45) is 7.05 Å². The van der Waals surface area contributed by atoms with Crippen LogP contribution in [0.4, 0.5) is 0 Å². The van der Waals surface area contributed by atoms with E-state index in [2.05, 4.69) is 10.2 Å². The van der Waals surface area contributed by atoms with Crippen molar-refractivity contribution in [3.63, 3.8) is 0 Å². The Hall–Kier alpha value is -5.92. The summed E-state index contributed by atoms with van der Waals surface area (Å²) in [5.74, 6) is 1.60. The third-order valence-electron chi connectivity index (χ3n) is 8.78. The zero-order valence-electron chi connectivity index (χ0n) is 27.6. The van der Waals surface area contributed by atoms with Crippen molar-refractivity contribution in [3.8, 4) is 22.8 Å². The van der Waals surface area contributed by atoms with Gasteiger partial charge in [0.1, 0.15) is 17.3 Å². The molecule has 0 bridgehead atoms. The molecule has 254 valence electrons. The predicted molar refractivity (Wildman–Crippen MR) is 198 cm³/mol. The molecule has 4 aromatic heterocycles. The van der Waals surface area contributed by atoms with E-state index in [1.165, 1.54) is 25.6 Å². The Morgan fingerprint density at radius 1 is 0.784 bits per heavy atom. The molecule has 0 saturated carbocycles. The van der Waals surface area contributed by atoms with E-state index < -0.39 is 0 Å². The molecule has 14 heteroatoms. The summed E-state index contributed by atoms with van der Waals surface area (Å²) < 4.78 is 13.5. The Labute approximate surface area is 298 Å². The molecule has 0 amide bonds. The molecule has 4 heterocycles. The first kappa shape index (κ1) is 32.3. The van der Waals surface area contributed by atoms with Crippen molar-refractivity contribution in [1.82, 2.24) is 38.1 Å². The minimum atomic E-state index is -0.373. The first-order valence-corrected chi connectivity index (χ1v) is 17.4. The average Bonchev–Trinajstić information content (AvgIpc) is 3.65. The molecule has 8 rings (SSSR count). The number of para-hydroxylation sites is 2. The number of fused-ring (bicyclic) bond motifs is 4. The van der Waals surface area contributed by atoms with Crippen LogP contribution < -0.4 is 21.4 Å². The van der Waals surface area contributed by atoms with E-state index in [-0.39, 0.29) is 33.9 Å². The standard InChI is InChI=1S/C37H29ClN8O4S/c1-4-50-26-17-15-24(16-18-26)43-34(48)28-19-14-23(38)20-30(28)44-31(40-41-36(43)44)21-51-37-39-29-13-9-8-12-27(29)33(47)45(37)32-22(2)42(3)46(35(32)49)25-10-6-5-7-11-25/h5-20H,4,21H2,1-3H3. The first-order chi connectivity index (χ1) is 24.8. The summed E-state index contributed by atoms with van der Waals surface area (Å²) in [5.41, 5.74) is 2.01. The molecular weight excluding hydrogens is 688 g/mol. The molecule has 0 aliphatic heterocycles. The quantitative estimate of drug-likeness (QED) is 0.141. The summed E-state index contributed by atoms with van der Waals surface area (Å²) in [6, 6.07) is 28.5. The maximum absolute atomic E-state index is 14.3. The summed E-state index contributed by atoms with van der Waals surface area (Å²) in [5, 5.41) is 10.5. The SMILES string of the molecule is CCOc1ccc(-n2c(=O)c3ccc(Cl)cc3n3c(CSc4nc5ccccc5c(=O)n4-c4c(C)n(C)n(-c5ccccc5)c4=O)nnc23)cc1. The van der Waals surface area contributed by atoms with Gasteiger partial charge in [-0.1, -0.05) is 53.7 Å². The van der Waals surface area contributed by atoms with Gasteiger partial charge >= 0.3 is 0 Å². The molecule has 0 atom stereocenters. The van der Waals surface area contributed by atoms with Crippen LogP contribution in [0.25, 0.3) is 44.6 Å². The van der Waals surface area contributed by atoms with E-state index in [1.807, 2.05) is 43.3 Å². The summed E-state index contributed by atoms with van der Waals surface area (Å²) in [6.07, 6.45) is 0. The van der Waals surface area contributed by atoms with Crippen LogP contribution >= 0.6 is 23.4 Å². The monoisotopic (exact) mass is 716 g/mol. The van der Waals surface area contributed by atoms with Gasteiger partial charge in [-0.2, -0.15) is 0 Å². The minimum Gasteiger partial charge on any atom is -0.494 e. The van der Waals surface area contributed by atoms with Gasteiger partial charge in [0.25, 0.3) is 16.7 Å². The summed E-state index contributed by atoms with van der Waals surface area (Å²) in [4.78, 5) is 47.2. The highest BCUT2D eigenvalue weighted by Gasteiger charge is 2.25. The van der Waals surface area contributed by atoms with Crippen LogP contribution in [0, 0.1) is 6.92 Å². The van der Waals surface area contributed by atoms with E-state index in [0.29, 0.717) is 67.2 Å². The molecule has 0 radical (unpaired) electrons. The van der Waals surface area contributed by atoms with Gasteiger partial charge in [0, 0.05) is 12.1 Å². The topological polar surface area (TPSA) is 123 Å². The summed E-state index contributed by atoms with van der Waals surface area (Å²) >= 11 is 7.69. The molecule has 0 saturated heterocycles. The van der Waals surface area contributed by atoms with Crippen molar-refractivity contribution in [2.75, 3.05) is 6.61 Å². The van der Waals surface area contributed by atoms with Crippen molar-refractivity contribution in [3.05, 3.63) is 145 Å². The van der Waals surface area contributed by atoms with Crippen LogP contribution in [0.2, 0.25) is 5.02 Å². The first-order valence-electron chi connectivity index (χ1n) is 16.1. The zero-order valence-corrected chi connectivity index (χ0v) is 29.2. The lowest BCUT2D eigenvalue weighted by atomic mass is 10.2. The average molecular weight is 717 g/mol. The largest absolute Gasteiger partial charge is 0.494 e. The Balaban J connectivity index is 1.30. The minimum absolute atomic E-state index is 0.174. The molecule has 0 aliphatic rings. The van der Waals surface area contributed by atoms with Gasteiger partial charge in [0.2, 0.25) is 5.78 Å². The number of benzene rings is 4. The third-order valence-corrected chi connectivity index (χ3v) is 9.95. The Bertz CT molecular complexity index is 2820. The molecule has 0 unspecified atom stereocenters. The molecule has 4 aromatic carbocycles. The molecule has 12 nitrogen and oxygen atoms in total. The Morgan fingerprint density at radius 2 is 1.51 bits per heavy atom. The van der Waals surface area contributed by atoms with Gasteiger partial charge in [-0.15, -0.1) is 10.2 Å². The summed E-state index contributed by atoms with van der Waals surface area (Å²) in [7, 11) is 1.78. The van der Waals surface area contributed by atoms with E-state index >= 15 is 0 Å². The molecule has 51 heavy (non-hydrogen) atoms. The van der Waals surface area contributed by atoms with Crippen LogP contribution in [-0.2, 0) is 12.8 Å². The molecule has 0 fully saturated rings. The van der Waals surface area contributed by atoms with Crippen LogP contribution in [-0.4, -0.2) is 44.7 Å². The highest BCUT2D eigenvalue weighted by Crippen LogP contribution is 2.28. The molecule has 0 spiro atoms. The van der Waals surface area contributed by atoms with Crippen molar-refractivity contribution < 1.29 is 4.74 Å². The van der Waals surface area contributed by atoms with E-state index in [1.54, 1.807) is 83.7 Å². The van der Waals surface area contributed by atoms with E-state index in [9.17, 15) is 14.4 Å². The maximum Gasteiger partial charge on any atom is 0.296 e. The van der Waals surface area contributed by atoms with Crippen molar-refractivity contribution >= 4 is 50.9 Å². The number of rotatable bonds is 8. The van der Waals surface area contributed by atoms with Crippen LogP contribution in [0.1, 0.15) is 18.4 Å². The van der Waals surface area contributed by atoms with Gasteiger partial charge in [-0.25, -0.2) is 18.8 Å². The number of nitrogens with zero attached hydrogens (tertiary/aromatic N) is 8. The Morgan fingerprint density at radius 3 is 2.27 bits per heavy atom. The van der Waals surface area contributed by atoms with Gasteiger partial charge < -0.3 is 4.74 Å². The van der Waals surface area contributed by atoms with Gasteiger partial charge in [0.05, 0.1) is 51.2 Å². The van der Waals surface area contributed by atoms with Crippen molar-refractivity contribution in [2.45, 2.75) is 24.8 Å². The highest BCUT2D eigenvalue weighted by molar-refractivity contribution is 7.98. The Kier molecular flexibility index (Phi) is 8.08. The lowest BCUT2D eigenvalue weighted by Gasteiger charge is -2.13. The van der Waals surface area contributed by atoms with Crippen LogP contribution in [0.3, 0.4) is 0 Å². The van der Waals surface area contributed by atoms with E-state index in [4.69, 9.17) is 21.3 Å². The number of halogens is 1. The molecular formula is C37H29ClN8O4S. The fourth-order valence-corrected chi connectivity index (χ4v) is 7.39. The lowest BCUT2D eigenvalue weighted by Crippen LogP contribution is -2.28. The fraction of sp³-hybridized carbons (Fsp3) is 0.135. The second-order valence-electron chi connectivity index (χ2n) is 11.7. The zero-order chi connectivity index (χ0) is 35.4. The molecule has 8 aromatic rings. The van der Waals surface area contributed by atoms with Gasteiger partial charge in [-0.05, 0) is 80.6 Å². The van der Waals surface area contributed by atoms with Gasteiger partial charge in [-0.3, -0.25) is 23.5 Å². The van der Waals surface area contributed by atoms with Gasteiger partial charge in [0.15, 0.2) is 5.16 Å². The van der Waals surface area contributed by atoms with Crippen LogP contribution in [0.15, 0.2) is 117 Å². The number of thioether (sulfide) groups is 1. The summed E-state index contributed by atoms with van der Waals surface area (Å²) in [6.45, 7) is 4.22. The molecule has 0 N–H and O–H groups in total. The normalized spacial score (nSPS) is 11.6. The second-order valence-corrected chi connectivity index (χ2v) is 13.1. The predicted octanol–water partition coefficient (Wildman–Crippen LogP) is 5.87. The number of ether oxygens (including phenoxy) is 1. The maximum atomic E-state index is 14.3. The number of aromatic nitrogens is 8.